The zero-order valence-electron chi connectivity index (χ0n) is 16.9. The van der Waals surface area contributed by atoms with Crippen molar-refractivity contribution in [2.45, 2.75) is 18.7 Å². The van der Waals surface area contributed by atoms with Gasteiger partial charge in [0.15, 0.2) is 5.82 Å². The van der Waals surface area contributed by atoms with Crippen molar-refractivity contribution in [2.75, 3.05) is 16.7 Å². The second-order valence-electron chi connectivity index (χ2n) is 6.99. The van der Waals surface area contributed by atoms with Crippen LogP contribution in [0.5, 0.6) is 0 Å². The molecule has 0 unspecified atom stereocenters. The van der Waals surface area contributed by atoms with Crippen LogP contribution in [0.15, 0.2) is 41.3 Å². The highest BCUT2D eigenvalue weighted by Gasteiger charge is 2.20. The summed E-state index contributed by atoms with van der Waals surface area (Å²) in [6.07, 6.45) is 1.38. The van der Waals surface area contributed by atoms with Crippen molar-refractivity contribution in [3.05, 3.63) is 80.5 Å². The molecule has 0 saturated heterocycles. The van der Waals surface area contributed by atoms with Gasteiger partial charge in [-0.05, 0) is 65.9 Å². The van der Waals surface area contributed by atoms with Crippen molar-refractivity contribution in [1.82, 2.24) is 4.98 Å². The van der Waals surface area contributed by atoms with Crippen molar-refractivity contribution in [3.8, 4) is 11.8 Å². The molecule has 4 nitrogen and oxygen atoms in total. The molecular formula is C22H19Cl2F2N3OS. The summed E-state index contributed by atoms with van der Waals surface area (Å²) in [4.78, 5) is 4.36. The molecule has 3 N–H and O–H groups in total. The van der Waals surface area contributed by atoms with E-state index < -0.39 is 27.3 Å². The Bertz CT molecular complexity index is 1280. The number of anilines is 2. The highest BCUT2D eigenvalue weighted by Crippen LogP contribution is 2.31. The fourth-order valence-electron chi connectivity index (χ4n) is 3.03. The lowest BCUT2D eigenvalue weighted by molar-refractivity contribution is 0.580. The average molecular weight is 482 g/mol. The summed E-state index contributed by atoms with van der Waals surface area (Å²) in [5, 5.41) is 0.546. The van der Waals surface area contributed by atoms with E-state index in [0.29, 0.717) is 22.1 Å². The first kappa shape index (κ1) is 23.0. The van der Waals surface area contributed by atoms with Gasteiger partial charge in [-0.25, -0.2) is 13.8 Å². The number of nitrogen functional groups attached to an aromatic ring is 1. The number of benzene rings is 2. The normalized spacial score (nSPS) is 11.6. The third-order valence-corrected chi connectivity index (χ3v) is 7.18. The molecule has 3 rings (SSSR count). The van der Waals surface area contributed by atoms with Gasteiger partial charge >= 0.3 is 0 Å². The second kappa shape index (κ2) is 8.83. The van der Waals surface area contributed by atoms with Gasteiger partial charge in [-0.1, -0.05) is 35.0 Å². The summed E-state index contributed by atoms with van der Waals surface area (Å²) in [5.41, 5.74) is 6.88. The Hall–Kier alpha value is -2.66. The van der Waals surface area contributed by atoms with Gasteiger partial charge in [-0.3, -0.25) is 4.21 Å². The Morgan fingerprint density at radius 3 is 2.42 bits per heavy atom. The van der Waals surface area contributed by atoms with Crippen LogP contribution in [0.4, 0.5) is 20.3 Å². The SMILES string of the molecule is Cc1cc(N)nc(C)c1C#Cc1c(F)ccc(N[SH](C)(=O)c2cc(Cl)ccc2Cl)c1F. The van der Waals surface area contributed by atoms with Crippen LogP contribution in [0.3, 0.4) is 0 Å². The lowest BCUT2D eigenvalue weighted by Gasteiger charge is -2.24. The molecule has 162 valence electrons. The molecular weight excluding hydrogens is 463 g/mol. The summed E-state index contributed by atoms with van der Waals surface area (Å²) < 4.78 is 45.3. The van der Waals surface area contributed by atoms with Crippen LogP contribution in [-0.2, 0) is 10.1 Å². The number of hydrogen-bond donors (Lipinski definition) is 3. The largest absolute Gasteiger partial charge is 0.384 e. The lowest BCUT2D eigenvalue weighted by atomic mass is 10.1. The molecule has 0 amide bonds. The van der Waals surface area contributed by atoms with E-state index in [4.69, 9.17) is 28.9 Å². The first-order chi connectivity index (χ1) is 14.5. The van der Waals surface area contributed by atoms with Gasteiger partial charge < -0.3 is 10.5 Å². The molecule has 1 heterocycles. The number of nitrogens with zero attached hydrogens (tertiary/aromatic N) is 1. The Kier molecular flexibility index (Phi) is 6.56. The quantitative estimate of drug-likeness (QED) is 0.351. The topological polar surface area (TPSA) is 68.0 Å². The van der Waals surface area contributed by atoms with E-state index in [1.807, 2.05) is 0 Å². The zero-order chi connectivity index (χ0) is 22.9. The molecule has 0 aliphatic heterocycles. The molecule has 9 heteroatoms. The van der Waals surface area contributed by atoms with E-state index in [0.717, 1.165) is 17.7 Å². The van der Waals surface area contributed by atoms with Crippen molar-refractivity contribution < 1.29 is 13.0 Å². The van der Waals surface area contributed by atoms with Gasteiger partial charge in [0.05, 0.1) is 26.9 Å². The number of pyridine rings is 1. The van der Waals surface area contributed by atoms with Crippen LogP contribution in [0.25, 0.3) is 0 Å². The standard InChI is InChI=1S/C22H19Cl2F2N3OS/c1-12-10-21(27)28-13(2)15(12)5-6-16-18(25)8-9-19(22(16)26)29-31(3,30)20-11-14(23)4-7-17(20)24/h4,7-11,31H,1-3H3,(H2,27,28)(H,29,30). The van der Waals surface area contributed by atoms with Gasteiger partial charge in [0, 0.05) is 16.8 Å². The van der Waals surface area contributed by atoms with Crippen LogP contribution < -0.4 is 10.5 Å². The van der Waals surface area contributed by atoms with E-state index in [9.17, 15) is 8.60 Å². The van der Waals surface area contributed by atoms with Crippen LogP contribution in [0.2, 0.25) is 10.0 Å². The van der Waals surface area contributed by atoms with Gasteiger partial charge in [-0.15, -0.1) is 0 Å². The van der Waals surface area contributed by atoms with Crippen LogP contribution in [0.1, 0.15) is 22.4 Å². The second-order valence-corrected chi connectivity index (χ2v) is 10.4. The minimum atomic E-state index is -3.39. The van der Waals surface area contributed by atoms with Crippen LogP contribution in [-0.4, -0.2) is 15.4 Å². The summed E-state index contributed by atoms with van der Waals surface area (Å²) in [5.74, 6) is 3.81. The van der Waals surface area contributed by atoms with E-state index in [2.05, 4.69) is 21.5 Å². The van der Waals surface area contributed by atoms with Gasteiger partial charge in [0.1, 0.15) is 11.6 Å². The Morgan fingerprint density at radius 2 is 1.74 bits per heavy atom. The number of rotatable bonds is 3. The highest BCUT2D eigenvalue weighted by atomic mass is 35.5. The minimum Gasteiger partial charge on any atom is -0.384 e. The predicted octanol–water partition coefficient (Wildman–Crippen LogP) is 5.30. The maximum Gasteiger partial charge on any atom is 0.165 e. The molecule has 0 aliphatic rings. The van der Waals surface area contributed by atoms with Crippen molar-refractivity contribution in [2.24, 2.45) is 0 Å². The smallest absolute Gasteiger partial charge is 0.165 e. The number of thiol groups is 1. The molecule has 0 aliphatic carbocycles. The van der Waals surface area contributed by atoms with Gasteiger partial charge in [0.25, 0.3) is 0 Å². The molecule has 0 saturated carbocycles. The number of nitrogens with one attached hydrogen (secondary N) is 1. The summed E-state index contributed by atoms with van der Waals surface area (Å²) in [6.45, 7) is 3.49. The van der Waals surface area contributed by atoms with Crippen molar-refractivity contribution in [1.29, 1.82) is 0 Å². The number of aryl methyl sites for hydroxylation is 2. The lowest BCUT2D eigenvalue weighted by Crippen LogP contribution is -2.22. The minimum absolute atomic E-state index is 0.170. The number of hydrogen-bond acceptors (Lipinski definition) is 3. The maximum absolute atomic E-state index is 15.1. The maximum atomic E-state index is 15.1. The third kappa shape index (κ3) is 4.99. The van der Waals surface area contributed by atoms with Crippen molar-refractivity contribution in [3.63, 3.8) is 0 Å². The molecule has 2 aromatic carbocycles. The molecule has 0 radical (unpaired) electrons. The summed E-state index contributed by atoms with van der Waals surface area (Å²) >= 11 is 12.1. The third-order valence-electron chi connectivity index (χ3n) is 4.52. The molecule has 3 aromatic rings. The molecule has 1 aromatic heterocycles. The number of nitrogens with two attached hydrogens (primary N) is 1. The Labute approximate surface area is 190 Å². The van der Waals surface area contributed by atoms with E-state index in [-0.39, 0.29) is 15.6 Å². The Morgan fingerprint density at radius 1 is 1.06 bits per heavy atom. The molecule has 0 fully saturated rings. The van der Waals surface area contributed by atoms with E-state index >= 15 is 4.39 Å². The highest BCUT2D eigenvalue weighted by molar-refractivity contribution is 8.03. The average Bonchev–Trinajstić information content (AvgIpc) is 2.67. The first-order valence-corrected chi connectivity index (χ1v) is 12.0. The van der Waals surface area contributed by atoms with E-state index in [1.165, 1.54) is 18.4 Å². The van der Waals surface area contributed by atoms with Crippen LogP contribution in [0, 0.1) is 37.3 Å². The van der Waals surface area contributed by atoms with Gasteiger partial charge in [-0.2, -0.15) is 0 Å². The molecule has 0 bridgehead atoms. The van der Waals surface area contributed by atoms with E-state index in [1.54, 1.807) is 26.0 Å². The van der Waals surface area contributed by atoms with Gasteiger partial charge in [0.2, 0.25) is 0 Å². The number of aromatic nitrogens is 1. The molecule has 0 atom stereocenters. The zero-order valence-corrected chi connectivity index (χ0v) is 19.3. The molecule has 31 heavy (non-hydrogen) atoms. The summed E-state index contributed by atoms with van der Waals surface area (Å²) in [7, 11) is -3.39. The van der Waals surface area contributed by atoms with Crippen molar-refractivity contribution >= 4 is 44.8 Å². The summed E-state index contributed by atoms with van der Waals surface area (Å²) in [6, 6.07) is 8.33. The molecule has 0 spiro atoms. The number of halogens is 4. The van der Waals surface area contributed by atoms with Crippen LogP contribution >= 0.6 is 23.2 Å². The monoisotopic (exact) mass is 481 g/mol. The predicted molar refractivity (Wildman–Crippen MR) is 124 cm³/mol. The fourth-order valence-corrected chi connectivity index (χ4v) is 5.50. The fraction of sp³-hybridized carbons (Fsp3) is 0.136. The first-order valence-electron chi connectivity index (χ1n) is 9.04. The Balaban J connectivity index is 2.03.